The molecular formula is C23H15FN4O5S. The molecule has 1 N–H and O–H groups in total. The number of thiophene rings is 1. The van der Waals surface area contributed by atoms with Gasteiger partial charge < -0.3 is 14.8 Å². The summed E-state index contributed by atoms with van der Waals surface area (Å²) in [4.78, 5) is 23.0. The summed E-state index contributed by atoms with van der Waals surface area (Å²) in [6.07, 6.45) is 1.34. The minimum Gasteiger partial charge on any atom is -0.496 e. The van der Waals surface area contributed by atoms with Crippen LogP contribution in [0.2, 0.25) is 0 Å². The van der Waals surface area contributed by atoms with Crippen LogP contribution in [0.5, 0.6) is 11.5 Å². The van der Waals surface area contributed by atoms with E-state index in [-0.39, 0.29) is 23.5 Å². The van der Waals surface area contributed by atoms with Crippen molar-refractivity contribution in [3.8, 4) is 23.6 Å². The number of hydrogen-bond donors (Lipinski definition) is 1. The molecule has 0 aliphatic heterocycles. The van der Waals surface area contributed by atoms with Crippen LogP contribution in [0.3, 0.4) is 0 Å². The third-order valence-corrected chi connectivity index (χ3v) is 5.32. The third-order valence-electron chi connectivity index (χ3n) is 4.50. The number of amides is 1. The fraction of sp³-hybridized carbons (Fsp3) is 0.0870. The van der Waals surface area contributed by atoms with E-state index in [1.165, 1.54) is 13.2 Å². The van der Waals surface area contributed by atoms with E-state index in [9.17, 15) is 24.6 Å². The molecule has 0 bridgehead atoms. The SMILES string of the molecule is COc1ccc(/C=C(\C#N)C(=O)Nc2sccc2C#N)cc1COc1cc(F)ccc1[N+](=O)[O-]. The van der Waals surface area contributed by atoms with Crippen molar-refractivity contribution in [1.29, 1.82) is 10.5 Å². The predicted molar refractivity (Wildman–Crippen MR) is 122 cm³/mol. The van der Waals surface area contributed by atoms with Crippen LogP contribution in [0.4, 0.5) is 15.1 Å². The van der Waals surface area contributed by atoms with Gasteiger partial charge >= 0.3 is 5.69 Å². The summed E-state index contributed by atoms with van der Waals surface area (Å²) in [6, 6.07) is 12.9. The summed E-state index contributed by atoms with van der Waals surface area (Å²) < 4.78 is 24.3. The first kappa shape index (κ1) is 23.9. The van der Waals surface area contributed by atoms with Gasteiger partial charge in [-0.05, 0) is 41.3 Å². The van der Waals surface area contributed by atoms with Gasteiger partial charge in [0.2, 0.25) is 0 Å². The molecule has 1 heterocycles. The van der Waals surface area contributed by atoms with Gasteiger partial charge in [-0.2, -0.15) is 10.5 Å². The van der Waals surface area contributed by atoms with Crippen LogP contribution in [0.1, 0.15) is 16.7 Å². The highest BCUT2D eigenvalue weighted by molar-refractivity contribution is 7.14. The van der Waals surface area contributed by atoms with Gasteiger partial charge in [-0.3, -0.25) is 14.9 Å². The number of ether oxygens (including phenoxy) is 2. The van der Waals surface area contributed by atoms with E-state index in [0.717, 1.165) is 29.5 Å². The van der Waals surface area contributed by atoms with E-state index in [1.54, 1.807) is 29.6 Å². The molecule has 34 heavy (non-hydrogen) atoms. The Morgan fingerprint density at radius 1 is 1.24 bits per heavy atom. The quantitative estimate of drug-likeness (QED) is 0.212. The third kappa shape index (κ3) is 5.54. The Labute approximate surface area is 197 Å². The summed E-state index contributed by atoms with van der Waals surface area (Å²) in [5, 5.41) is 34.2. The Balaban J connectivity index is 1.86. The summed E-state index contributed by atoms with van der Waals surface area (Å²) in [5.41, 5.74) is 0.565. The highest BCUT2D eigenvalue weighted by Gasteiger charge is 2.17. The Morgan fingerprint density at radius 3 is 2.71 bits per heavy atom. The fourth-order valence-corrected chi connectivity index (χ4v) is 3.62. The van der Waals surface area contributed by atoms with Crippen molar-refractivity contribution in [3.05, 3.63) is 86.0 Å². The topological polar surface area (TPSA) is 138 Å². The molecule has 3 aromatic rings. The number of nitriles is 2. The first-order chi connectivity index (χ1) is 16.4. The maximum atomic E-state index is 13.6. The molecular weight excluding hydrogens is 463 g/mol. The van der Waals surface area contributed by atoms with E-state index >= 15 is 0 Å². The van der Waals surface area contributed by atoms with Crippen LogP contribution < -0.4 is 14.8 Å². The smallest absolute Gasteiger partial charge is 0.311 e. The lowest BCUT2D eigenvalue weighted by atomic mass is 10.1. The average molecular weight is 478 g/mol. The highest BCUT2D eigenvalue weighted by Crippen LogP contribution is 2.30. The molecule has 2 aromatic carbocycles. The number of rotatable bonds is 8. The van der Waals surface area contributed by atoms with Crippen LogP contribution in [0, 0.1) is 38.6 Å². The zero-order valence-electron chi connectivity index (χ0n) is 17.6. The Morgan fingerprint density at radius 2 is 2.03 bits per heavy atom. The first-order valence-electron chi connectivity index (χ1n) is 9.50. The molecule has 0 aliphatic rings. The van der Waals surface area contributed by atoms with Crippen molar-refractivity contribution in [2.75, 3.05) is 12.4 Å². The maximum absolute atomic E-state index is 13.6. The summed E-state index contributed by atoms with van der Waals surface area (Å²) in [5.74, 6) is -1.25. The van der Waals surface area contributed by atoms with E-state index in [0.29, 0.717) is 21.9 Å². The van der Waals surface area contributed by atoms with E-state index in [2.05, 4.69) is 5.32 Å². The minimum atomic E-state index is -0.695. The van der Waals surface area contributed by atoms with Crippen LogP contribution in [0.15, 0.2) is 53.4 Å². The molecule has 0 aliphatic carbocycles. The van der Waals surface area contributed by atoms with Crippen LogP contribution in [-0.2, 0) is 11.4 Å². The number of nitro benzene ring substituents is 1. The molecule has 0 saturated carbocycles. The van der Waals surface area contributed by atoms with E-state index in [1.807, 2.05) is 12.1 Å². The average Bonchev–Trinajstić information content (AvgIpc) is 3.28. The number of halogens is 1. The molecule has 0 unspecified atom stereocenters. The van der Waals surface area contributed by atoms with Gasteiger partial charge in [-0.1, -0.05) is 6.07 Å². The van der Waals surface area contributed by atoms with E-state index < -0.39 is 22.3 Å². The molecule has 0 spiro atoms. The number of methoxy groups -OCH3 is 1. The molecule has 9 nitrogen and oxygen atoms in total. The Kier molecular flexibility index (Phi) is 7.54. The standard InChI is InChI=1S/C23H15FN4O5S/c1-32-20-5-2-14(8-16(12-26)22(29)27-23-15(11-25)6-7-34-23)9-17(20)13-33-21-10-18(24)3-4-19(21)28(30)31/h2-10H,13H2,1H3,(H,27,29)/b16-8+. The largest absolute Gasteiger partial charge is 0.496 e. The Bertz CT molecular complexity index is 1370. The molecule has 0 saturated heterocycles. The van der Waals surface area contributed by atoms with Gasteiger partial charge in [0.15, 0.2) is 5.75 Å². The molecule has 0 atom stereocenters. The van der Waals surface area contributed by atoms with Crippen LogP contribution >= 0.6 is 11.3 Å². The summed E-state index contributed by atoms with van der Waals surface area (Å²) in [6.45, 7) is -0.204. The minimum absolute atomic E-state index is 0.204. The number of nitro groups is 1. The van der Waals surface area contributed by atoms with Crippen molar-refractivity contribution in [2.45, 2.75) is 6.61 Å². The van der Waals surface area contributed by atoms with Crippen molar-refractivity contribution in [3.63, 3.8) is 0 Å². The molecule has 0 radical (unpaired) electrons. The lowest BCUT2D eigenvalue weighted by molar-refractivity contribution is -0.386. The van der Waals surface area contributed by atoms with Crippen molar-refractivity contribution < 1.29 is 23.6 Å². The lowest BCUT2D eigenvalue weighted by Gasteiger charge is -2.12. The van der Waals surface area contributed by atoms with Crippen molar-refractivity contribution in [2.24, 2.45) is 0 Å². The maximum Gasteiger partial charge on any atom is 0.311 e. The van der Waals surface area contributed by atoms with Gasteiger partial charge in [0.05, 0.1) is 17.6 Å². The second-order valence-corrected chi connectivity index (χ2v) is 7.54. The second kappa shape index (κ2) is 10.7. The highest BCUT2D eigenvalue weighted by atomic mass is 32.1. The van der Waals surface area contributed by atoms with E-state index in [4.69, 9.17) is 14.7 Å². The second-order valence-electron chi connectivity index (χ2n) is 6.63. The fourth-order valence-electron chi connectivity index (χ4n) is 2.89. The van der Waals surface area contributed by atoms with Gasteiger partial charge in [-0.15, -0.1) is 11.3 Å². The molecule has 0 fully saturated rings. The number of benzene rings is 2. The monoisotopic (exact) mass is 478 g/mol. The molecule has 3 rings (SSSR count). The van der Waals surface area contributed by atoms with Crippen LogP contribution in [-0.4, -0.2) is 17.9 Å². The normalized spacial score (nSPS) is 10.6. The Hall–Kier alpha value is -4.74. The summed E-state index contributed by atoms with van der Waals surface area (Å²) in [7, 11) is 1.42. The van der Waals surface area contributed by atoms with Gasteiger partial charge in [0.1, 0.15) is 40.9 Å². The zero-order chi connectivity index (χ0) is 24.7. The predicted octanol–water partition coefficient (Wildman–Crippen LogP) is 4.80. The van der Waals surface area contributed by atoms with Gasteiger partial charge in [0, 0.05) is 17.7 Å². The summed E-state index contributed by atoms with van der Waals surface area (Å²) >= 11 is 1.15. The van der Waals surface area contributed by atoms with Crippen molar-refractivity contribution in [1.82, 2.24) is 0 Å². The number of hydrogen-bond acceptors (Lipinski definition) is 8. The van der Waals surface area contributed by atoms with Gasteiger partial charge in [0.25, 0.3) is 5.91 Å². The van der Waals surface area contributed by atoms with Crippen LogP contribution in [0.25, 0.3) is 6.08 Å². The molecule has 11 heteroatoms. The number of nitrogens with one attached hydrogen (secondary N) is 1. The number of carbonyl (C=O) groups is 1. The molecule has 1 amide bonds. The first-order valence-corrected chi connectivity index (χ1v) is 10.4. The molecule has 170 valence electrons. The number of carbonyl (C=O) groups excluding carboxylic acids is 1. The van der Waals surface area contributed by atoms with Gasteiger partial charge in [-0.25, -0.2) is 4.39 Å². The lowest BCUT2D eigenvalue weighted by Crippen LogP contribution is -2.13. The zero-order valence-corrected chi connectivity index (χ0v) is 18.4. The van der Waals surface area contributed by atoms with Crippen molar-refractivity contribution >= 4 is 34.0 Å². The molecule has 1 aromatic heterocycles. The number of anilines is 1. The number of nitrogens with zero attached hydrogens (tertiary/aromatic N) is 3.